The number of morpholine rings is 1. The third-order valence-electron chi connectivity index (χ3n) is 5.75. The van der Waals surface area contributed by atoms with Crippen LogP contribution in [0.4, 0.5) is 5.69 Å². The molecular weight excluding hydrogens is 390 g/mol. The lowest BCUT2D eigenvalue weighted by atomic mass is 10.0. The van der Waals surface area contributed by atoms with E-state index in [4.69, 9.17) is 16.3 Å². The molecule has 3 heterocycles. The van der Waals surface area contributed by atoms with Crippen molar-refractivity contribution < 1.29 is 9.53 Å². The van der Waals surface area contributed by atoms with Crippen molar-refractivity contribution in [2.45, 2.75) is 25.4 Å². The van der Waals surface area contributed by atoms with Crippen LogP contribution in [0, 0.1) is 0 Å². The summed E-state index contributed by atoms with van der Waals surface area (Å²) in [6.45, 7) is 6.04. The van der Waals surface area contributed by atoms with Crippen LogP contribution in [0.2, 0.25) is 5.02 Å². The van der Waals surface area contributed by atoms with Gasteiger partial charge < -0.3 is 15.0 Å². The second-order valence-electron chi connectivity index (χ2n) is 7.63. The second kappa shape index (κ2) is 9.15. The number of anilines is 1. The van der Waals surface area contributed by atoms with E-state index in [9.17, 15) is 4.79 Å². The van der Waals surface area contributed by atoms with Crippen LogP contribution < -0.4 is 10.2 Å². The van der Waals surface area contributed by atoms with Crippen LogP contribution in [-0.4, -0.2) is 67.0 Å². The molecule has 7 nitrogen and oxygen atoms in total. The number of nitrogens with one attached hydrogen (secondary N) is 1. The van der Waals surface area contributed by atoms with Crippen molar-refractivity contribution >= 4 is 23.2 Å². The number of piperidine rings is 1. The maximum Gasteiger partial charge on any atom is 0.271 e. The molecule has 4 rings (SSSR count). The molecule has 0 saturated carbocycles. The minimum atomic E-state index is -0.150. The number of aromatic nitrogens is 2. The Morgan fingerprint density at radius 2 is 2.10 bits per heavy atom. The Hall–Kier alpha value is -2.09. The molecule has 1 N–H and O–H groups in total. The maximum absolute atomic E-state index is 11.8. The second-order valence-corrected chi connectivity index (χ2v) is 8.04. The first-order chi connectivity index (χ1) is 14.2. The highest BCUT2D eigenvalue weighted by molar-refractivity contribution is 6.31. The van der Waals surface area contributed by atoms with Gasteiger partial charge in [-0.25, -0.2) is 0 Å². The molecule has 156 valence electrons. The van der Waals surface area contributed by atoms with Crippen molar-refractivity contribution in [2.24, 2.45) is 0 Å². The number of halogens is 1. The number of ether oxygens (including phenoxy) is 1. The molecule has 1 aromatic heterocycles. The number of hydrogen-bond donors (Lipinski definition) is 1. The molecule has 2 fully saturated rings. The summed E-state index contributed by atoms with van der Waals surface area (Å²) in [5, 5.41) is 7.93. The molecule has 8 heteroatoms. The van der Waals surface area contributed by atoms with E-state index in [1.54, 1.807) is 13.1 Å². The first-order valence-electron chi connectivity index (χ1n) is 10.3. The molecule has 0 radical (unpaired) electrons. The lowest BCUT2D eigenvalue weighted by Crippen LogP contribution is -2.39. The number of nitrogens with zero attached hydrogens (tertiary/aromatic N) is 4. The van der Waals surface area contributed by atoms with Gasteiger partial charge in [0.15, 0.2) is 0 Å². The summed E-state index contributed by atoms with van der Waals surface area (Å²) in [5.41, 5.74) is 2.86. The van der Waals surface area contributed by atoms with Crippen LogP contribution in [-0.2, 0) is 11.3 Å². The monoisotopic (exact) mass is 417 g/mol. The van der Waals surface area contributed by atoms with Crippen molar-refractivity contribution in [3.8, 4) is 0 Å². The lowest BCUT2D eigenvalue weighted by molar-refractivity contribution is 0.0955. The summed E-state index contributed by atoms with van der Waals surface area (Å²) in [7, 11) is 1.62. The molecule has 1 aromatic carbocycles. The number of benzene rings is 1. The first-order valence-corrected chi connectivity index (χ1v) is 10.6. The van der Waals surface area contributed by atoms with E-state index in [0.717, 1.165) is 63.8 Å². The van der Waals surface area contributed by atoms with E-state index in [2.05, 4.69) is 26.3 Å². The summed E-state index contributed by atoms with van der Waals surface area (Å²) in [6.07, 6.45) is 4.06. The van der Waals surface area contributed by atoms with E-state index >= 15 is 0 Å². The molecule has 29 heavy (non-hydrogen) atoms. The molecular formula is C21H28ClN5O2. The van der Waals surface area contributed by atoms with Crippen LogP contribution in [0.1, 0.15) is 34.9 Å². The van der Waals surface area contributed by atoms with Crippen LogP contribution in [0.25, 0.3) is 0 Å². The highest BCUT2D eigenvalue weighted by Gasteiger charge is 2.25. The van der Waals surface area contributed by atoms with Crippen LogP contribution >= 0.6 is 11.6 Å². The van der Waals surface area contributed by atoms with E-state index in [1.807, 2.05) is 23.0 Å². The van der Waals surface area contributed by atoms with Gasteiger partial charge in [-0.15, -0.1) is 0 Å². The Balaban J connectivity index is 1.48. The molecule has 2 saturated heterocycles. The summed E-state index contributed by atoms with van der Waals surface area (Å²) in [6, 6.07) is 8.21. The van der Waals surface area contributed by atoms with Gasteiger partial charge in [0, 0.05) is 55.7 Å². The van der Waals surface area contributed by atoms with Gasteiger partial charge in [-0.1, -0.05) is 17.7 Å². The van der Waals surface area contributed by atoms with Crippen LogP contribution in [0.3, 0.4) is 0 Å². The van der Waals surface area contributed by atoms with Crippen molar-refractivity contribution in [2.75, 3.05) is 51.3 Å². The van der Waals surface area contributed by atoms with Crippen molar-refractivity contribution in [3.63, 3.8) is 0 Å². The van der Waals surface area contributed by atoms with Crippen molar-refractivity contribution in [1.82, 2.24) is 20.0 Å². The van der Waals surface area contributed by atoms with Crippen LogP contribution in [0.5, 0.6) is 0 Å². The van der Waals surface area contributed by atoms with E-state index in [1.165, 1.54) is 11.3 Å². The third kappa shape index (κ3) is 4.57. The summed E-state index contributed by atoms with van der Waals surface area (Å²) in [4.78, 5) is 16.6. The average molecular weight is 418 g/mol. The standard InChI is InChI=1S/C21H28ClN5O2/c1-23-21(28)19-7-9-27(24-19)16-4-3-8-25(14-16)15-17-18(22)5-2-6-20(17)26-10-12-29-13-11-26/h2,5-7,9,16H,3-4,8,10-15H2,1H3,(H,23,28)/t16-/m0/s1. The Bertz CT molecular complexity index is 849. The van der Waals surface area contributed by atoms with E-state index in [-0.39, 0.29) is 11.9 Å². The SMILES string of the molecule is CNC(=O)c1ccn([C@H]2CCCN(Cc3c(Cl)cccc3N3CCOCC3)C2)n1. The van der Waals surface area contributed by atoms with Gasteiger partial charge in [0.2, 0.25) is 0 Å². The smallest absolute Gasteiger partial charge is 0.271 e. The Labute approximate surface area is 176 Å². The minimum Gasteiger partial charge on any atom is -0.378 e. The quantitative estimate of drug-likeness (QED) is 0.810. The Morgan fingerprint density at radius 3 is 2.90 bits per heavy atom. The average Bonchev–Trinajstić information content (AvgIpc) is 3.26. The molecule has 0 unspecified atom stereocenters. The Morgan fingerprint density at radius 1 is 1.28 bits per heavy atom. The highest BCUT2D eigenvalue weighted by Crippen LogP contribution is 2.31. The van der Waals surface area contributed by atoms with Gasteiger partial charge >= 0.3 is 0 Å². The summed E-state index contributed by atoms with van der Waals surface area (Å²) in [5.74, 6) is -0.150. The van der Waals surface area contributed by atoms with Gasteiger partial charge in [0.25, 0.3) is 5.91 Å². The molecule has 2 aromatic rings. The zero-order chi connectivity index (χ0) is 20.2. The predicted octanol–water partition coefficient (Wildman–Crippen LogP) is 2.57. The van der Waals surface area contributed by atoms with Gasteiger partial charge in [-0.05, 0) is 37.6 Å². The summed E-state index contributed by atoms with van der Waals surface area (Å²) >= 11 is 6.63. The number of likely N-dealkylation sites (tertiary alicyclic amines) is 1. The molecule has 0 bridgehead atoms. The highest BCUT2D eigenvalue weighted by atomic mass is 35.5. The molecule has 0 spiro atoms. The van der Waals surface area contributed by atoms with Gasteiger partial charge in [-0.2, -0.15) is 5.10 Å². The summed E-state index contributed by atoms with van der Waals surface area (Å²) < 4.78 is 7.44. The van der Waals surface area contributed by atoms with Crippen molar-refractivity contribution in [1.29, 1.82) is 0 Å². The fourth-order valence-electron chi connectivity index (χ4n) is 4.21. The van der Waals surface area contributed by atoms with E-state index in [0.29, 0.717) is 5.69 Å². The molecule has 1 atom stereocenters. The molecule has 1 amide bonds. The third-order valence-corrected chi connectivity index (χ3v) is 6.10. The van der Waals surface area contributed by atoms with Crippen LogP contribution in [0.15, 0.2) is 30.5 Å². The largest absolute Gasteiger partial charge is 0.378 e. The number of hydrogen-bond acceptors (Lipinski definition) is 5. The molecule has 2 aliphatic rings. The van der Waals surface area contributed by atoms with Gasteiger partial charge in [0.05, 0.1) is 19.3 Å². The maximum atomic E-state index is 11.8. The van der Waals surface area contributed by atoms with Gasteiger partial charge in [0.1, 0.15) is 5.69 Å². The predicted molar refractivity (Wildman–Crippen MR) is 114 cm³/mol. The fourth-order valence-corrected chi connectivity index (χ4v) is 4.44. The van der Waals surface area contributed by atoms with Gasteiger partial charge in [-0.3, -0.25) is 14.4 Å². The van der Waals surface area contributed by atoms with E-state index < -0.39 is 0 Å². The number of carbonyl (C=O) groups is 1. The minimum absolute atomic E-state index is 0.150. The molecule has 2 aliphatic heterocycles. The Kier molecular flexibility index (Phi) is 6.37. The topological polar surface area (TPSA) is 62.6 Å². The normalized spacial score (nSPS) is 20.6. The number of carbonyl (C=O) groups excluding carboxylic acids is 1. The fraction of sp³-hybridized carbons (Fsp3) is 0.524. The zero-order valence-electron chi connectivity index (χ0n) is 16.8. The first kappa shape index (κ1) is 20.2. The molecule has 0 aliphatic carbocycles. The number of amides is 1. The number of rotatable bonds is 5. The zero-order valence-corrected chi connectivity index (χ0v) is 17.6. The van der Waals surface area contributed by atoms with Crippen molar-refractivity contribution in [3.05, 3.63) is 46.7 Å². The lowest BCUT2D eigenvalue weighted by Gasteiger charge is -2.35.